The quantitative estimate of drug-likeness (QED) is 0.794. The molecule has 0 saturated carbocycles. The lowest BCUT2D eigenvalue weighted by Crippen LogP contribution is -2.37. The number of likely N-dealkylation sites (N-methyl/N-ethyl adjacent to an activating group) is 1. The maximum Gasteiger partial charge on any atom is 0.241 e. The van der Waals surface area contributed by atoms with Crippen LogP contribution in [0.15, 0.2) is 41.3 Å². The van der Waals surface area contributed by atoms with Crippen LogP contribution >= 0.6 is 23.2 Å². The van der Waals surface area contributed by atoms with E-state index < -0.39 is 10.0 Å². The summed E-state index contributed by atoms with van der Waals surface area (Å²) >= 11 is 12.0. The second-order valence-electron chi connectivity index (χ2n) is 6.58. The van der Waals surface area contributed by atoms with Crippen LogP contribution in [0.25, 0.3) is 0 Å². The minimum atomic E-state index is -3.76. The maximum atomic E-state index is 12.7. The van der Waals surface area contributed by atoms with Crippen molar-refractivity contribution in [1.82, 2.24) is 4.90 Å². The van der Waals surface area contributed by atoms with Crippen molar-refractivity contribution in [2.24, 2.45) is 5.14 Å². The van der Waals surface area contributed by atoms with Crippen molar-refractivity contribution in [2.75, 3.05) is 25.0 Å². The number of amides is 1. The molecule has 2 aromatic carbocycles. The van der Waals surface area contributed by atoms with Crippen molar-refractivity contribution in [3.8, 4) is 0 Å². The number of anilines is 1. The number of nitrogens with two attached hydrogens (primary N) is 1. The van der Waals surface area contributed by atoms with E-state index in [1.807, 2.05) is 24.1 Å². The normalized spacial score (nSPS) is 13.9. The monoisotopic (exact) mass is 427 g/mol. The van der Waals surface area contributed by atoms with Crippen LogP contribution in [0, 0.1) is 0 Å². The number of benzene rings is 2. The summed E-state index contributed by atoms with van der Waals surface area (Å²) in [5.74, 6) is -0.0623. The van der Waals surface area contributed by atoms with Gasteiger partial charge in [0.2, 0.25) is 15.9 Å². The molecule has 1 aliphatic heterocycles. The molecule has 1 aliphatic rings. The van der Waals surface area contributed by atoms with E-state index in [0.29, 0.717) is 29.6 Å². The van der Waals surface area contributed by atoms with Gasteiger partial charge in [0, 0.05) is 28.8 Å². The van der Waals surface area contributed by atoms with Gasteiger partial charge in [-0.3, -0.25) is 9.69 Å². The molecule has 1 amide bonds. The largest absolute Gasteiger partial charge is 0.311 e. The van der Waals surface area contributed by atoms with Gasteiger partial charge in [-0.2, -0.15) is 0 Å². The van der Waals surface area contributed by atoms with Gasteiger partial charge in [-0.05, 0) is 61.0 Å². The van der Waals surface area contributed by atoms with Crippen LogP contribution in [0.2, 0.25) is 10.0 Å². The second-order valence-corrected chi connectivity index (χ2v) is 9.02. The summed E-state index contributed by atoms with van der Waals surface area (Å²) in [6, 6.07) is 9.89. The predicted octanol–water partition coefficient (Wildman–Crippen LogP) is 2.66. The van der Waals surface area contributed by atoms with Gasteiger partial charge in [-0.15, -0.1) is 0 Å². The van der Waals surface area contributed by atoms with E-state index in [9.17, 15) is 13.2 Å². The summed E-state index contributed by atoms with van der Waals surface area (Å²) in [7, 11) is -1.91. The van der Waals surface area contributed by atoms with Gasteiger partial charge in [0.25, 0.3) is 0 Å². The number of nitrogens with zero attached hydrogens (tertiary/aromatic N) is 2. The van der Waals surface area contributed by atoms with Crippen LogP contribution in [0.3, 0.4) is 0 Å². The molecule has 0 fully saturated rings. The lowest BCUT2D eigenvalue weighted by molar-refractivity contribution is -0.119. The van der Waals surface area contributed by atoms with Gasteiger partial charge in [-0.25, -0.2) is 13.6 Å². The third kappa shape index (κ3) is 4.80. The standard InChI is InChI=1S/C18H19Cl2N3O3S/c1-22(10-12-6-14(19)9-15(20)7-12)11-18(24)23-5-4-13-8-16(27(21,25)26)2-3-17(13)23/h2-3,6-9H,4-5,10-11H2,1H3,(H2,21,25,26). The van der Waals surface area contributed by atoms with Crippen LogP contribution < -0.4 is 10.0 Å². The minimum absolute atomic E-state index is 0.0607. The van der Waals surface area contributed by atoms with Crippen LogP contribution in [-0.2, 0) is 27.8 Å². The lowest BCUT2D eigenvalue weighted by atomic mass is 10.2. The first-order valence-corrected chi connectivity index (χ1v) is 10.5. The average molecular weight is 428 g/mol. The Morgan fingerprint density at radius 2 is 1.85 bits per heavy atom. The Morgan fingerprint density at radius 3 is 2.48 bits per heavy atom. The first-order chi connectivity index (χ1) is 12.6. The fourth-order valence-electron chi connectivity index (χ4n) is 3.20. The molecule has 2 N–H and O–H groups in total. The summed E-state index contributed by atoms with van der Waals surface area (Å²) in [6.07, 6.45) is 0.595. The van der Waals surface area contributed by atoms with E-state index in [0.717, 1.165) is 16.8 Å². The van der Waals surface area contributed by atoms with Crippen molar-refractivity contribution in [2.45, 2.75) is 17.9 Å². The highest BCUT2D eigenvalue weighted by Crippen LogP contribution is 2.30. The highest BCUT2D eigenvalue weighted by atomic mass is 35.5. The van der Waals surface area contributed by atoms with Crippen molar-refractivity contribution in [3.05, 3.63) is 57.6 Å². The Balaban J connectivity index is 1.69. The molecule has 0 unspecified atom stereocenters. The molecule has 0 bridgehead atoms. The Morgan fingerprint density at radius 1 is 1.19 bits per heavy atom. The Kier molecular flexibility index (Phi) is 5.79. The molecule has 0 saturated heterocycles. The topological polar surface area (TPSA) is 83.7 Å². The molecule has 6 nitrogen and oxygen atoms in total. The number of carbonyl (C=O) groups excluding carboxylic acids is 1. The zero-order chi connectivity index (χ0) is 19.8. The first kappa shape index (κ1) is 20.1. The molecule has 0 radical (unpaired) electrons. The van der Waals surface area contributed by atoms with E-state index in [1.165, 1.54) is 12.1 Å². The Labute approximate surface area is 168 Å². The molecule has 0 aromatic heterocycles. The van der Waals surface area contributed by atoms with Gasteiger partial charge >= 0.3 is 0 Å². The fourth-order valence-corrected chi connectivity index (χ4v) is 4.34. The zero-order valence-corrected chi connectivity index (χ0v) is 17.0. The smallest absolute Gasteiger partial charge is 0.241 e. The van der Waals surface area contributed by atoms with Gasteiger partial charge in [0.1, 0.15) is 0 Å². The third-order valence-corrected chi connectivity index (χ3v) is 5.70. The molecule has 27 heavy (non-hydrogen) atoms. The molecular weight excluding hydrogens is 409 g/mol. The van der Waals surface area contributed by atoms with E-state index in [1.54, 1.807) is 17.0 Å². The SMILES string of the molecule is CN(CC(=O)N1CCc2cc(S(N)(=O)=O)ccc21)Cc1cc(Cl)cc(Cl)c1. The Hall–Kier alpha value is -1.64. The number of halogens is 2. The summed E-state index contributed by atoms with van der Waals surface area (Å²) in [5, 5.41) is 6.28. The van der Waals surface area contributed by atoms with Crippen molar-refractivity contribution in [3.63, 3.8) is 0 Å². The summed E-state index contributed by atoms with van der Waals surface area (Å²) < 4.78 is 23.0. The van der Waals surface area contributed by atoms with Crippen LogP contribution in [0.4, 0.5) is 5.69 Å². The number of fused-ring (bicyclic) bond motifs is 1. The average Bonchev–Trinajstić information content (AvgIpc) is 2.95. The summed E-state index contributed by atoms with van der Waals surface area (Å²) in [5.41, 5.74) is 2.45. The zero-order valence-electron chi connectivity index (χ0n) is 14.7. The van der Waals surface area contributed by atoms with Crippen molar-refractivity contribution in [1.29, 1.82) is 0 Å². The second kappa shape index (κ2) is 7.77. The van der Waals surface area contributed by atoms with Gasteiger partial charge in [-0.1, -0.05) is 23.2 Å². The van der Waals surface area contributed by atoms with Gasteiger partial charge < -0.3 is 4.90 Å². The van der Waals surface area contributed by atoms with Crippen molar-refractivity contribution < 1.29 is 13.2 Å². The van der Waals surface area contributed by atoms with E-state index in [4.69, 9.17) is 28.3 Å². The van der Waals surface area contributed by atoms with Crippen LogP contribution in [-0.4, -0.2) is 39.4 Å². The van der Waals surface area contributed by atoms with Crippen molar-refractivity contribution >= 4 is 44.8 Å². The molecular formula is C18H19Cl2N3O3S. The Bertz CT molecular complexity index is 975. The number of carbonyl (C=O) groups is 1. The number of hydrogen-bond donors (Lipinski definition) is 1. The highest BCUT2D eigenvalue weighted by Gasteiger charge is 2.26. The third-order valence-electron chi connectivity index (χ3n) is 4.36. The van der Waals surface area contributed by atoms with E-state index >= 15 is 0 Å². The maximum absolute atomic E-state index is 12.7. The van der Waals surface area contributed by atoms with Gasteiger partial charge in [0.05, 0.1) is 11.4 Å². The lowest BCUT2D eigenvalue weighted by Gasteiger charge is -2.22. The first-order valence-electron chi connectivity index (χ1n) is 8.23. The van der Waals surface area contributed by atoms with E-state index in [2.05, 4.69) is 0 Å². The molecule has 0 aliphatic carbocycles. The van der Waals surface area contributed by atoms with Gasteiger partial charge in [0.15, 0.2) is 0 Å². The van der Waals surface area contributed by atoms with Crippen LogP contribution in [0.1, 0.15) is 11.1 Å². The molecule has 0 atom stereocenters. The molecule has 2 aromatic rings. The molecule has 9 heteroatoms. The molecule has 144 valence electrons. The number of hydrogen-bond acceptors (Lipinski definition) is 4. The predicted molar refractivity (Wildman–Crippen MR) is 107 cm³/mol. The minimum Gasteiger partial charge on any atom is -0.311 e. The number of sulfonamides is 1. The molecule has 3 rings (SSSR count). The summed E-state index contributed by atoms with van der Waals surface area (Å²) in [4.78, 5) is 16.3. The number of primary sulfonamides is 1. The highest BCUT2D eigenvalue weighted by molar-refractivity contribution is 7.89. The number of rotatable bonds is 5. The summed E-state index contributed by atoms with van der Waals surface area (Å²) in [6.45, 7) is 1.25. The molecule has 1 heterocycles. The fraction of sp³-hybridized carbons (Fsp3) is 0.278. The van der Waals surface area contributed by atoms with Crippen LogP contribution in [0.5, 0.6) is 0 Å². The molecule has 0 spiro atoms. The van der Waals surface area contributed by atoms with E-state index in [-0.39, 0.29) is 17.3 Å².